The highest BCUT2D eigenvalue weighted by molar-refractivity contribution is 8.00. The lowest BCUT2D eigenvalue weighted by atomic mass is 10.1. The number of carbonyl (C=O) groups excluding carboxylic acids is 1. The van der Waals surface area contributed by atoms with E-state index in [-0.39, 0.29) is 11.2 Å². The molecule has 1 amide bonds. The fraction of sp³-hybridized carbons (Fsp3) is 0.182. The third-order valence-corrected chi connectivity index (χ3v) is 5.34. The number of carbonyl (C=O) groups is 1. The second-order valence-electron chi connectivity index (χ2n) is 6.20. The predicted molar refractivity (Wildman–Crippen MR) is 112 cm³/mol. The zero-order chi connectivity index (χ0) is 19.9. The lowest BCUT2D eigenvalue weighted by Crippen LogP contribution is -2.25. The van der Waals surface area contributed by atoms with Crippen molar-refractivity contribution in [2.75, 3.05) is 5.32 Å². The Morgan fingerprint density at radius 3 is 2.57 bits per heavy atom. The lowest BCUT2D eigenvalue weighted by molar-refractivity contribution is -0.115. The van der Waals surface area contributed by atoms with Crippen LogP contribution in [0.2, 0.25) is 0 Å². The van der Waals surface area contributed by atoms with E-state index in [2.05, 4.69) is 21.4 Å². The van der Waals surface area contributed by atoms with Gasteiger partial charge in [-0.15, -0.1) is 0 Å². The van der Waals surface area contributed by atoms with Crippen LogP contribution in [0.25, 0.3) is 11.3 Å². The number of para-hydroxylation sites is 1. The van der Waals surface area contributed by atoms with Crippen molar-refractivity contribution >= 4 is 23.4 Å². The van der Waals surface area contributed by atoms with Gasteiger partial charge in [-0.1, -0.05) is 61.2 Å². The van der Waals surface area contributed by atoms with Crippen LogP contribution in [-0.4, -0.2) is 21.1 Å². The van der Waals surface area contributed by atoms with Gasteiger partial charge in [-0.05, 0) is 31.5 Å². The van der Waals surface area contributed by atoms with Gasteiger partial charge in [-0.25, -0.2) is 9.97 Å². The molecule has 0 unspecified atom stereocenters. The number of thioether (sulfide) groups is 1. The highest BCUT2D eigenvalue weighted by atomic mass is 32.2. The van der Waals surface area contributed by atoms with Crippen LogP contribution in [0.4, 0.5) is 5.69 Å². The molecule has 0 fully saturated rings. The SMILES string of the molecule is CC[C@@H](Sc1nc(C)cc(-c2ccccc2)n1)C(=O)Nc1ccccc1C#N. The van der Waals surface area contributed by atoms with Crippen molar-refractivity contribution < 1.29 is 4.79 Å². The number of amides is 1. The zero-order valence-corrected chi connectivity index (χ0v) is 16.5. The van der Waals surface area contributed by atoms with Crippen LogP contribution in [0.3, 0.4) is 0 Å². The number of aromatic nitrogens is 2. The number of nitrogens with zero attached hydrogens (tertiary/aromatic N) is 3. The van der Waals surface area contributed by atoms with Crippen LogP contribution in [0, 0.1) is 18.3 Å². The molecule has 0 spiro atoms. The van der Waals surface area contributed by atoms with Gasteiger partial charge in [-0.2, -0.15) is 5.26 Å². The molecule has 140 valence electrons. The molecule has 1 N–H and O–H groups in total. The molecule has 0 radical (unpaired) electrons. The quantitative estimate of drug-likeness (QED) is 0.483. The van der Waals surface area contributed by atoms with E-state index in [1.165, 1.54) is 11.8 Å². The summed E-state index contributed by atoms with van der Waals surface area (Å²) in [5.74, 6) is -0.165. The van der Waals surface area contributed by atoms with E-state index in [4.69, 9.17) is 0 Å². The standard InChI is InChI=1S/C22H20N4OS/c1-3-20(21(27)25-18-12-8-7-11-17(18)14-23)28-22-24-15(2)13-19(26-22)16-9-5-4-6-10-16/h4-13,20H,3H2,1-2H3,(H,25,27)/t20-/m1/s1. The third-order valence-electron chi connectivity index (χ3n) is 4.12. The molecular weight excluding hydrogens is 368 g/mol. The highest BCUT2D eigenvalue weighted by Gasteiger charge is 2.21. The Bertz CT molecular complexity index is 1010. The maximum Gasteiger partial charge on any atom is 0.238 e. The van der Waals surface area contributed by atoms with Crippen molar-refractivity contribution in [3.05, 3.63) is 71.9 Å². The summed E-state index contributed by atoms with van der Waals surface area (Å²) in [5.41, 5.74) is 3.65. The van der Waals surface area contributed by atoms with E-state index in [0.717, 1.165) is 17.0 Å². The van der Waals surface area contributed by atoms with Crippen LogP contribution in [0.15, 0.2) is 65.8 Å². The monoisotopic (exact) mass is 388 g/mol. The van der Waals surface area contributed by atoms with E-state index in [1.54, 1.807) is 24.3 Å². The minimum Gasteiger partial charge on any atom is -0.324 e. The van der Waals surface area contributed by atoms with Crippen molar-refractivity contribution in [2.24, 2.45) is 0 Å². The number of nitrogens with one attached hydrogen (secondary N) is 1. The topological polar surface area (TPSA) is 78.7 Å². The predicted octanol–water partition coefficient (Wildman–Crippen LogP) is 4.83. The van der Waals surface area contributed by atoms with Crippen molar-refractivity contribution in [3.8, 4) is 17.3 Å². The minimum atomic E-state index is -0.364. The van der Waals surface area contributed by atoms with Gasteiger partial charge in [-0.3, -0.25) is 4.79 Å². The van der Waals surface area contributed by atoms with Gasteiger partial charge >= 0.3 is 0 Å². The van der Waals surface area contributed by atoms with Crippen LogP contribution in [0.5, 0.6) is 0 Å². The molecule has 0 saturated carbocycles. The number of rotatable bonds is 6. The number of anilines is 1. The fourth-order valence-electron chi connectivity index (χ4n) is 2.70. The zero-order valence-electron chi connectivity index (χ0n) is 15.7. The summed E-state index contributed by atoms with van der Waals surface area (Å²) < 4.78 is 0. The maximum atomic E-state index is 12.8. The summed E-state index contributed by atoms with van der Waals surface area (Å²) in [4.78, 5) is 21.9. The molecule has 0 bridgehead atoms. The second kappa shape index (κ2) is 9.16. The first-order valence-corrected chi connectivity index (χ1v) is 9.86. The van der Waals surface area contributed by atoms with Crippen molar-refractivity contribution in [2.45, 2.75) is 30.7 Å². The Balaban J connectivity index is 1.80. The molecule has 3 rings (SSSR count). The van der Waals surface area contributed by atoms with Gasteiger partial charge in [0.15, 0.2) is 5.16 Å². The highest BCUT2D eigenvalue weighted by Crippen LogP contribution is 2.27. The number of hydrogen-bond acceptors (Lipinski definition) is 5. The van der Waals surface area contributed by atoms with Gasteiger partial charge < -0.3 is 5.32 Å². The Morgan fingerprint density at radius 1 is 1.14 bits per heavy atom. The molecule has 28 heavy (non-hydrogen) atoms. The van der Waals surface area contributed by atoms with E-state index in [9.17, 15) is 10.1 Å². The summed E-state index contributed by atoms with van der Waals surface area (Å²) in [7, 11) is 0. The first kappa shape index (κ1) is 19.6. The van der Waals surface area contributed by atoms with Gasteiger partial charge in [0, 0.05) is 11.3 Å². The molecule has 0 aliphatic rings. The fourth-order valence-corrected chi connectivity index (χ4v) is 3.64. The first-order chi connectivity index (χ1) is 13.6. The summed E-state index contributed by atoms with van der Waals surface area (Å²) in [5, 5.41) is 12.3. The van der Waals surface area contributed by atoms with E-state index in [0.29, 0.717) is 22.8 Å². The van der Waals surface area contributed by atoms with Gasteiger partial charge in [0.1, 0.15) is 6.07 Å². The Morgan fingerprint density at radius 2 is 1.86 bits per heavy atom. The van der Waals surface area contributed by atoms with Crippen molar-refractivity contribution in [3.63, 3.8) is 0 Å². The minimum absolute atomic E-state index is 0.165. The normalized spacial score (nSPS) is 11.5. The average molecular weight is 388 g/mol. The third kappa shape index (κ3) is 4.76. The maximum absolute atomic E-state index is 12.8. The molecule has 1 atom stereocenters. The number of aryl methyl sites for hydroxylation is 1. The van der Waals surface area contributed by atoms with E-state index in [1.807, 2.05) is 50.2 Å². The molecule has 0 aliphatic carbocycles. The van der Waals surface area contributed by atoms with Gasteiger partial charge in [0.2, 0.25) is 5.91 Å². The van der Waals surface area contributed by atoms with Gasteiger partial charge in [0.25, 0.3) is 0 Å². The number of hydrogen-bond donors (Lipinski definition) is 1. The molecular formula is C22H20N4OS. The number of benzene rings is 2. The summed E-state index contributed by atoms with van der Waals surface area (Å²) in [6.07, 6.45) is 0.614. The smallest absolute Gasteiger partial charge is 0.238 e. The van der Waals surface area contributed by atoms with Crippen LogP contribution < -0.4 is 5.32 Å². The Kier molecular flexibility index (Phi) is 6.41. The molecule has 0 aliphatic heterocycles. The van der Waals surface area contributed by atoms with Crippen LogP contribution in [-0.2, 0) is 4.79 Å². The average Bonchev–Trinajstić information content (AvgIpc) is 2.72. The number of nitriles is 1. The van der Waals surface area contributed by atoms with E-state index >= 15 is 0 Å². The van der Waals surface area contributed by atoms with Crippen LogP contribution in [0.1, 0.15) is 24.6 Å². The molecule has 6 heteroatoms. The molecule has 0 saturated heterocycles. The molecule has 1 aromatic heterocycles. The molecule has 2 aromatic carbocycles. The van der Waals surface area contributed by atoms with Crippen molar-refractivity contribution in [1.82, 2.24) is 9.97 Å². The molecule has 3 aromatic rings. The second-order valence-corrected chi connectivity index (χ2v) is 7.37. The lowest BCUT2D eigenvalue weighted by Gasteiger charge is -2.15. The largest absolute Gasteiger partial charge is 0.324 e. The molecule has 1 heterocycles. The summed E-state index contributed by atoms with van der Waals surface area (Å²) in [6.45, 7) is 3.86. The van der Waals surface area contributed by atoms with Crippen molar-refractivity contribution in [1.29, 1.82) is 5.26 Å². The summed E-state index contributed by atoms with van der Waals surface area (Å²) in [6, 6.07) is 20.9. The first-order valence-electron chi connectivity index (χ1n) is 8.98. The Labute approximate surface area is 168 Å². The molecule has 5 nitrogen and oxygen atoms in total. The summed E-state index contributed by atoms with van der Waals surface area (Å²) >= 11 is 1.34. The van der Waals surface area contributed by atoms with Gasteiger partial charge in [0.05, 0.1) is 22.2 Å². The van der Waals surface area contributed by atoms with E-state index < -0.39 is 0 Å². The van der Waals surface area contributed by atoms with Crippen LogP contribution >= 0.6 is 11.8 Å². The Hall–Kier alpha value is -3.17.